The van der Waals surface area contributed by atoms with Crippen molar-refractivity contribution in [3.05, 3.63) is 78.1 Å². The van der Waals surface area contributed by atoms with Crippen molar-refractivity contribution in [2.24, 2.45) is 5.73 Å². The summed E-state index contributed by atoms with van der Waals surface area (Å²) in [5, 5.41) is 12.1. The van der Waals surface area contributed by atoms with E-state index in [1.165, 1.54) is 0 Å². The number of tetrazole rings is 1. The van der Waals surface area contributed by atoms with Gasteiger partial charge >= 0.3 is 0 Å². The van der Waals surface area contributed by atoms with E-state index in [2.05, 4.69) is 15.5 Å². The van der Waals surface area contributed by atoms with Crippen LogP contribution < -0.4 is 24.7 Å². The summed E-state index contributed by atoms with van der Waals surface area (Å²) in [6, 6.07) is 19.9. The molecule has 0 bridgehead atoms. The summed E-state index contributed by atoms with van der Waals surface area (Å²) in [5.41, 5.74) is 7.98. The normalized spacial score (nSPS) is 11.6. The molecule has 0 saturated heterocycles. The molecule has 4 rings (SSSR count). The van der Waals surface area contributed by atoms with Gasteiger partial charge in [-0.15, -0.1) is 5.10 Å². The molecule has 1 aromatic heterocycles. The maximum absolute atomic E-state index is 6.53. The summed E-state index contributed by atoms with van der Waals surface area (Å²) in [5.74, 6) is 3.39. The van der Waals surface area contributed by atoms with Crippen LogP contribution in [-0.4, -0.2) is 41.5 Å². The SMILES string of the molecule is COc1cc(C(N)c2nnnn2-c2ccc(Oc3ccccc3)cc2)cc(OC)c1OC. The van der Waals surface area contributed by atoms with Crippen molar-refractivity contribution in [2.75, 3.05) is 21.3 Å². The summed E-state index contributed by atoms with van der Waals surface area (Å²) in [6.45, 7) is 0. The minimum absolute atomic E-state index is 0.455. The number of aromatic nitrogens is 4. The number of hydrogen-bond acceptors (Lipinski definition) is 8. The minimum Gasteiger partial charge on any atom is -0.493 e. The third-order valence-electron chi connectivity index (χ3n) is 4.88. The first-order valence-corrected chi connectivity index (χ1v) is 9.81. The molecule has 9 heteroatoms. The maximum Gasteiger partial charge on any atom is 0.203 e. The Balaban J connectivity index is 1.62. The van der Waals surface area contributed by atoms with Gasteiger partial charge in [0.25, 0.3) is 0 Å². The molecule has 0 saturated carbocycles. The highest BCUT2D eigenvalue weighted by Crippen LogP contribution is 2.40. The maximum atomic E-state index is 6.53. The van der Waals surface area contributed by atoms with E-state index in [0.29, 0.717) is 34.4 Å². The largest absolute Gasteiger partial charge is 0.493 e. The lowest BCUT2D eigenvalue weighted by atomic mass is 10.1. The highest BCUT2D eigenvalue weighted by Gasteiger charge is 2.22. The van der Waals surface area contributed by atoms with E-state index >= 15 is 0 Å². The lowest BCUT2D eigenvalue weighted by molar-refractivity contribution is 0.323. The van der Waals surface area contributed by atoms with Crippen molar-refractivity contribution in [3.8, 4) is 34.4 Å². The third-order valence-corrected chi connectivity index (χ3v) is 4.88. The summed E-state index contributed by atoms with van der Waals surface area (Å²) in [6.07, 6.45) is 0. The molecule has 2 N–H and O–H groups in total. The van der Waals surface area contributed by atoms with E-state index in [9.17, 15) is 0 Å². The number of nitrogens with zero attached hydrogens (tertiary/aromatic N) is 4. The van der Waals surface area contributed by atoms with E-state index in [-0.39, 0.29) is 0 Å². The van der Waals surface area contributed by atoms with Crippen molar-refractivity contribution < 1.29 is 18.9 Å². The lowest BCUT2D eigenvalue weighted by Gasteiger charge is -2.17. The van der Waals surface area contributed by atoms with Crippen molar-refractivity contribution in [1.82, 2.24) is 20.2 Å². The molecule has 3 aromatic carbocycles. The number of nitrogens with two attached hydrogens (primary N) is 1. The molecule has 0 aliphatic carbocycles. The molecule has 0 aliphatic rings. The number of methoxy groups -OCH3 is 3. The highest BCUT2D eigenvalue weighted by molar-refractivity contribution is 5.55. The summed E-state index contributed by atoms with van der Waals surface area (Å²) in [4.78, 5) is 0. The minimum atomic E-state index is -0.640. The van der Waals surface area contributed by atoms with Gasteiger partial charge in [-0.1, -0.05) is 18.2 Å². The Morgan fingerprint density at radius 2 is 1.44 bits per heavy atom. The Morgan fingerprint density at radius 3 is 2.03 bits per heavy atom. The molecule has 1 heterocycles. The van der Waals surface area contributed by atoms with Crippen LogP contribution in [0.25, 0.3) is 5.69 Å². The molecule has 164 valence electrons. The summed E-state index contributed by atoms with van der Waals surface area (Å²) >= 11 is 0. The average molecular weight is 433 g/mol. The van der Waals surface area contributed by atoms with E-state index < -0.39 is 6.04 Å². The van der Waals surface area contributed by atoms with Crippen LogP contribution in [0.1, 0.15) is 17.4 Å². The molecule has 4 aromatic rings. The molecular weight excluding hydrogens is 410 g/mol. The molecule has 9 nitrogen and oxygen atoms in total. The first kappa shape index (κ1) is 21.1. The Bertz CT molecular complexity index is 1150. The zero-order valence-electron chi connectivity index (χ0n) is 17.9. The van der Waals surface area contributed by atoms with E-state index in [1.807, 2.05) is 54.6 Å². The number of para-hydroxylation sites is 1. The Labute approximate surface area is 185 Å². The van der Waals surface area contributed by atoms with Gasteiger partial charge in [-0.05, 0) is 64.5 Å². The van der Waals surface area contributed by atoms with Crippen LogP contribution in [-0.2, 0) is 0 Å². The molecule has 0 aliphatic heterocycles. The molecule has 0 spiro atoms. The summed E-state index contributed by atoms with van der Waals surface area (Å²) < 4.78 is 23.7. The Morgan fingerprint density at radius 1 is 0.812 bits per heavy atom. The fourth-order valence-electron chi connectivity index (χ4n) is 3.28. The second-order valence-electron chi connectivity index (χ2n) is 6.79. The average Bonchev–Trinajstić information content (AvgIpc) is 3.33. The van der Waals surface area contributed by atoms with Crippen LogP contribution in [0.3, 0.4) is 0 Å². The second kappa shape index (κ2) is 9.36. The smallest absolute Gasteiger partial charge is 0.203 e. The Hall–Kier alpha value is -4.11. The van der Waals surface area contributed by atoms with Crippen LogP contribution in [0.4, 0.5) is 0 Å². The second-order valence-corrected chi connectivity index (χ2v) is 6.79. The fraction of sp³-hybridized carbons (Fsp3) is 0.174. The lowest BCUT2D eigenvalue weighted by Crippen LogP contribution is -2.18. The first-order chi connectivity index (χ1) is 15.6. The van der Waals surface area contributed by atoms with E-state index in [4.69, 9.17) is 24.7 Å². The Kier molecular flexibility index (Phi) is 6.18. The molecule has 0 fully saturated rings. The standard InChI is InChI=1S/C23H23N5O4/c1-29-19-13-15(14-20(30-2)22(19)31-3)21(24)23-25-26-27-28(23)16-9-11-18(12-10-16)32-17-7-5-4-6-8-17/h4-14,21H,24H2,1-3H3. The van der Waals surface area contributed by atoms with Crippen LogP contribution in [0.5, 0.6) is 28.7 Å². The summed E-state index contributed by atoms with van der Waals surface area (Å²) in [7, 11) is 4.65. The third kappa shape index (κ3) is 4.19. The van der Waals surface area contributed by atoms with Gasteiger partial charge in [0.05, 0.1) is 33.1 Å². The number of ether oxygens (including phenoxy) is 4. The van der Waals surface area contributed by atoms with Gasteiger partial charge in [-0.25, -0.2) is 0 Å². The highest BCUT2D eigenvalue weighted by atomic mass is 16.5. The molecule has 1 unspecified atom stereocenters. The van der Waals surface area contributed by atoms with Gasteiger partial charge in [0, 0.05) is 0 Å². The van der Waals surface area contributed by atoms with Gasteiger partial charge in [0.2, 0.25) is 5.75 Å². The van der Waals surface area contributed by atoms with Crippen molar-refractivity contribution in [3.63, 3.8) is 0 Å². The molecular formula is C23H23N5O4. The van der Waals surface area contributed by atoms with Crippen LogP contribution in [0.2, 0.25) is 0 Å². The number of rotatable bonds is 8. The molecule has 1 atom stereocenters. The fourth-order valence-corrected chi connectivity index (χ4v) is 3.28. The molecule has 32 heavy (non-hydrogen) atoms. The molecule has 0 amide bonds. The number of hydrogen-bond donors (Lipinski definition) is 1. The van der Waals surface area contributed by atoms with Crippen LogP contribution in [0, 0.1) is 0 Å². The van der Waals surface area contributed by atoms with E-state index in [1.54, 1.807) is 38.1 Å². The van der Waals surface area contributed by atoms with E-state index in [0.717, 1.165) is 11.4 Å². The van der Waals surface area contributed by atoms with Crippen molar-refractivity contribution in [2.45, 2.75) is 6.04 Å². The van der Waals surface area contributed by atoms with Crippen molar-refractivity contribution in [1.29, 1.82) is 0 Å². The van der Waals surface area contributed by atoms with Crippen molar-refractivity contribution >= 4 is 0 Å². The zero-order valence-corrected chi connectivity index (χ0v) is 17.9. The predicted molar refractivity (Wildman–Crippen MR) is 118 cm³/mol. The number of benzene rings is 3. The first-order valence-electron chi connectivity index (χ1n) is 9.81. The van der Waals surface area contributed by atoms with Gasteiger partial charge in [-0.3, -0.25) is 0 Å². The van der Waals surface area contributed by atoms with Gasteiger partial charge < -0.3 is 24.7 Å². The monoisotopic (exact) mass is 433 g/mol. The van der Waals surface area contributed by atoms with Crippen LogP contribution >= 0.6 is 0 Å². The quantitative estimate of drug-likeness (QED) is 0.450. The van der Waals surface area contributed by atoms with Gasteiger partial charge in [0.1, 0.15) is 11.5 Å². The van der Waals surface area contributed by atoms with Gasteiger partial charge in [-0.2, -0.15) is 4.68 Å². The van der Waals surface area contributed by atoms with Crippen LogP contribution in [0.15, 0.2) is 66.7 Å². The zero-order chi connectivity index (χ0) is 22.5. The molecule has 0 radical (unpaired) electrons. The van der Waals surface area contributed by atoms with Gasteiger partial charge in [0.15, 0.2) is 17.3 Å². The predicted octanol–water partition coefficient (Wildman–Crippen LogP) is 3.53. The topological polar surface area (TPSA) is 107 Å².